The van der Waals surface area contributed by atoms with Crippen LogP contribution in [0.3, 0.4) is 0 Å². The van der Waals surface area contributed by atoms with E-state index in [0.29, 0.717) is 6.54 Å². The van der Waals surface area contributed by atoms with E-state index in [9.17, 15) is 0 Å². The van der Waals surface area contributed by atoms with Crippen molar-refractivity contribution in [3.05, 3.63) is 53.5 Å². The second-order valence-corrected chi connectivity index (χ2v) is 8.04. The summed E-state index contributed by atoms with van der Waals surface area (Å²) in [5.41, 5.74) is 2.39. The number of thioether (sulfide) groups is 1. The van der Waals surface area contributed by atoms with Gasteiger partial charge in [0.15, 0.2) is 5.16 Å². The van der Waals surface area contributed by atoms with E-state index in [0.717, 1.165) is 41.5 Å². The maximum absolute atomic E-state index is 5.60. The predicted molar refractivity (Wildman–Crippen MR) is 111 cm³/mol. The van der Waals surface area contributed by atoms with Crippen molar-refractivity contribution < 1.29 is 9.15 Å². The molecule has 1 aliphatic heterocycles. The minimum atomic E-state index is 0.638. The molecule has 0 atom stereocenters. The Morgan fingerprint density at radius 3 is 2.75 bits per heavy atom. The molecule has 0 spiro atoms. The zero-order chi connectivity index (χ0) is 19.3. The zero-order valence-corrected chi connectivity index (χ0v) is 17.2. The van der Waals surface area contributed by atoms with E-state index in [2.05, 4.69) is 38.7 Å². The topological polar surface area (TPSA) is 56.3 Å². The lowest BCUT2D eigenvalue weighted by atomic mass is 10.1. The molecule has 6 nitrogen and oxygen atoms in total. The van der Waals surface area contributed by atoms with E-state index >= 15 is 0 Å². The fourth-order valence-corrected chi connectivity index (χ4v) is 4.49. The zero-order valence-electron chi connectivity index (χ0n) is 16.4. The van der Waals surface area contributed by atoms with Crippen LogP contribution in [0, 0.1) is 6.92 Å². The fourth-order valence-electron chi connectivity index (χ4n) is 3.57. The van der Waals surface area contributed by atoms with E-state index in [1.54, 1.807) is 25.1 Å². The van der Waals surface area contributed by atoms with Gasteiger partial charge in [0, 0.05) is 24.4 Å². The Morgan fingerprint density at radius 1 is 1.14 bits per heavy atom. The molecule has 1 fully saturated rings. The van der Waals surface area contributed by atoms with E-state index in [4.69, 9.17) is 9.15 Å². The minimum absolute atomic E-state index is 0.638. The van der Waals surface area contributed by atoms with Gasteiger partial charge in [-0.25, -0.2) is 0 Å². The lowest BCUT2D eigenvalue weighted by Crippen LogP contribution is -2.32. The third kappa shape index (κ3) is 4.19. The summed E-state index contributed by atoms with van der Waals surface area (Å²) in [6, 6.07) is 10.2. The van der Waals surface area contributed by atoms with Crippen molar-refractivity contribution in [2.45, 2.75) is 43.6 Å². The Morgan fingerprint density at radius 2 is 2.00 bits per heavy atom. The average Bonchev–Trinajstić information content (AvgIpc) is 3.38. The number of aryl methyl sites for hydroxylation is 1. The molecule has 4 rings (SSSR count). The van der Waals surface area contributed by atoms with E-state index in [1.165, 1.54) is 30.4 Å². The molecule has 0 radical (unpaired) electrons. The van der Waals surface area contributed by atoms with Gasteiger partial charge in [0.05, 0.1) is 19.9 Å². The summed E-state index contributed by atoms with van der Waals surface area (Å²) < 4.78 is 13.3. The predicted octanol–water partition coefficient (Wildman–Crippen LogP) is 4.52. The molecule has 1 aliphatic rings. The van der Waals surface area contributed by atoms with Crippen molar-refractivity contribution in [1.29, 1.82) is 0 Å². The third-order valence-electron chi connectivity index (χ3n) is 5.02. The molecule has 0 aliphatic carbocycles. The van der Waals surface area contributed by atoms with Crippen LogP contribution in [0.1, 0.15) is 36.1 Å². The maximum Gasteiger partial charge on any atom is 0.228 e. The molecule has 2 aromatic heterocycles. The quantitative estimate of drug-likeness (QED) is 0.546. The number of furan rings is 1. The highest BCUT2D eigenvalue weighted by molar-refractivity contribution is 7.98. The van der Waals surface area contributed by atoms with Crippen LogP contribution >= 0.6 is 11.8 Å². The van der Waals surface area contributed by atoms with Crippen molar-refractivity contribution in [3.8, 4) is 5.75 Å². The first kappa shape index (κ1) is 18.9. The van der Waals surface area contributed by atoms with Crippen LogP contribution in [0.4, 0.5) is 5.95 Å². The van der Waals surface area contributed by atoms with Gasteiger partial charge < -0.3 is 14.1 Å². The summed E-state index contributed by atoms with van der Waals surface area (Å²) in [6.07, 6.45) is 5.41. The van der Waals surface area contributed by atoms with Gasteiger partial charge in [0.25, 0.3) is 0 Å². The van der Waals surface area contributed by atoms with Gasteiger partial charge in [-0.05, 0) is 44.4 Å². The normalized spacial score (nSPS) is 14.4. The van der Waals surface area contributed by atoms with Gasteiger partial charge >= 0.3 is 0 Å². The summed E-state index contributed by atoms with van der Waals surface area (Å²) >= 11 is 1.69. The Hall–Kier alpha value is -2.41. The number of hydrogen-bond donors (Lipinski definition) is 0. The number of hydrogen-bond acceptors (Lipinski definition) is 6. The molecule has 1 aromatic carbocycles. The van der Waals surface area contributed by atoms with Crippen LogP contribution < -0.4 is 9.64 Å². The number of aromatic nitrogens is 3. The summed E-state index contributed by atoms with van der Waals surface area (Å²) in [5, 5.41) is 9.96. The lowest BCUT2D eigenvalue weighted by molar-refractivity contribution is 0.411. The summed E-state index contributed by atoms with van der Waals surface area (Å²) in [7, 11) is 1.71. The fraction of sp³-hybridized carbons (Fsp3) is 0.429. The van der Waals surface area contributed by atoms with Crippen LogP contribution in [-0.4, -0.2) is 35.0 Å². The van der Waals surface area contributed by atoms with Crippen molar-refractivity contribution in [1.82, 2.24) is 14.8 Å². The molecule has 3 heterocycles. The van der Waals surface area contributed by atoms with Crippen molar-refractivity contribution in [3.63, 3.8) is 0 Å². The number of anilines is 1. The number of nitrogens with zero attached hydrogens (tertiary/aromatic N) is 4. The van der Waals surface area contributed by atoms with Gasteiger partial charge in [-0.1, -0.05) is 29.5 Å². The molecular formula is C21H26N4O2S. The lowest BCUT2D eigenvalue weighted by Gasteiger charge is -2.27. The molecule has 0 bridgehead atoms. The van der Waals surface area contributed by atoms with E-state index < -0.39 is 0 Å². The Kier molecular flexibility index (Phi) is 5.90. The third-order valence-corrected chi connectivity index (χ3v) is 6.04. The minimum Gasteiger partial charge on any atom is -0.496 e. The molecular weight excluding hydrogens is 372 g/mol. The number of rotatable bonds is 7. The van der Waals surface area contributed by atoms with Crippen LogP contribution in [0.15, 0.2) is 46.2 Å². The van der Waals surface area contributed by atoms with Gasteiger partial charge in [-0.2, -0.15) is 0 Å². The van der Waals surface area contributed by atoms with Crippen LogP contribution in [-0.2, 0) is 12.3 Å². The molecule has 1 saturated heterocycles. The highest BCUT2D eigenvalue weighted by atomic mass is 32.2. The molecule has 0 N–H and O–H groups in total. The largest absolute Gasteiger partial charge is 0.496 e. The molecule has 7 heteroatoms. The Bertz CT molecular complexity index is 901. The van der Waals surface area contributed by atoms with Crippen molar-refractivity contribution >= 4 is 17.7 Å². The highest BCUT2D eigenvalue weighted by Gasteiger charge is 2.21. The number of piperidine rings is 1. The van der Waals surface area contributed by atoms with E-state index in [1.807, 2.05) is 18.2 Å². The van der Waals surface area contributed by atoms with Gasteiger partial charge in [0.1, 0.15) is 11.5 Å². The second kappa shape index (κ2) is 8.73. The van der Waals surface area contributed by atoms with Crippen molar-refractivity contribution in [2.75, 3.05) is 25.1 Å². The van der Waals surface area contributed by atoms with Crippen LogP contribution in [0.25, 0.3) is 0 Å². The SMILES string of the molecule is COc1ccc(C)cc1CSc1nnc(N2CCCCC2)n1Cc1ccco1. The summed E-state index contributed by atoms with van der Waals surface area (Å²) in [4.78, 5) is 2.34. The first-order valence-electron chi connectivity index (χ1n) is 9.71. The molecule has 28 heavy (non-hydrogen) atoms. The second-order valence-electron chi connectivity index (χ2n) is 7.10. The molecule has 3 aromatic rings. The van der Waals surface area contributed by atoms with Gasteiger partial charge in [0.2, 0.25) is 5.95 Å². The standard InChI is InChI=1S/C21H26N4O2S/c1-16-8-9-19(26-2)17(13-16)15-28-21-23-22-20(24-10-4-3-5-11-24)25(21)14-18-7-6-12-27-18/h6-9,12-13H,3-5,10-11,14-15H2,1-2H3. The Labute approximate surface area is 169 Å². The first-order valence-corrected chi connectivity index (χ1v) is 10.7. The summed E-state index contributed by atoms with van der Waals surface area (Å²) in [5.74, 6) is 3.54. The molecule has 0 saturated carbocycles. The monoisotopic (exact) mass is 398 g/mol. The molecule has 148 valence electrons. The smallest absolute Gasteiger partial charge is 0.228 e. The van der Waals surface area contributed by atoms with Gasteiger partial charge in [-0.3, -0.25) is 4.57 Å². The van der Waals surface area contributed by atoms with Crippen molar-refractivity contribution in [2.24, 2.45) is 0 Å². The Balaban J connectivity index is 1.59. The summed E-state index contributed by atoms with van der Waals surface area (Å²) in [6.45, 7) is 4.81. The number of ether oxygens (including phenoxy) is 1. The van der Waals surface area contributed by atoms with Crippen LogP contribution in [0.5, 0.6) is 5.75 Å². The average molecular weight is 399 g/mol. The van der Waals surface area contributed by atoms with Gasteiger partial charge in [-0.15, -0.1) is 10.2 Å². The first-order chi connectivity index (χ1) is 13.7. The van der Waals surface area contributed by atoms with Crippen LogP contribution in [0.2, 0.25) is 0 Å². The van der Waals surface area contributed by atoms with E-state index in [-0.39, 0.29) is 0 Å². The maximum atomic E-state index is 5.60. The number of benzene rings is 1. The number of methoxy groups -OCH3 is 1. The molecule has 0 unspecified atom stereocenters. The molecule has 0 amide bonds. The highest BCUT2D eigenvalue weighted by Crippen LogP contribution is 2.31.